The first-order valence-corrected chi connectivity index (χ1v) is 9.52. The lowest BCUT2D eigenvalue weighted by atomic mass is 10.1. The third-order valence-corrected chi connectivity index (χ3v) is 5.63. The van der Waals surface area contributed by atoms with Crippen molar-refractivity contribution in [2.45, 2.75) is 18.1 Å². The summed E-state index contributed by atoms with van der Waals surface area (Å²) in [7, 11) is 0. The number of benzene rings is 2. The number of hydrogen-bond acceptors (Lipinski definition) is 5. The number of rotatable bonds is 4. The van der Waals surface area contributed by atoms with Crippen LogP contribution in [0, 0.1) is 0 Å². The zero-order chi connectivity index (χ0) is 18.4. The van der Waals surface area contributed by atoms with Crippen molar-refractivity contribution in [2.75, 3.05) is 0 Å². The molecule has 5 rings (SSSR count). The van der Waals surface area contributed by atoms with E-state index in [2.05, 4.69) is 5.32 Å². The van der Waals surface area contributed by atoms with Crippen LogP contribution in [0.4, 0.5) is 4.79 Å². The van der Waals surface area contributed by atoms with Gasteiger partial charge in [-0.15, -0.1) is 0 Å². The van der Waals surface area contributed by atoms with Gasteiger partial charge in [0.15, 0.2) is 0 Å². The molecule has 2 aromatic carbocycles. The van der Waals surface area contributed by atoms with Crippen LogP contribution in [-0.4, -0.2) is 16.4 Å². The quantitative estimate of drug-likeness (QED) is 0.560. The molecule has 2 aromatic heterocycles. The van der Waals surface area contributed by atoms with Crippen LogP contribution in [0.25, 0.3) is 21.9 Å². The lowest BCUT2D eigenvalue weighted by molar-refractivity contribution is -0.118. The largest absolute Gasteiger partial charge is 0.461 e. The number of para-hydroxylation sites is 1. The second kappa shape index (κ2) is 6.32. The molecule has 1 fully saturated rings. The van der Waals surface area contributed by atoms with E-state index in [0.717, 1.165) is 50.8 Å². The smallest absolute Gasteiger partial charge is 0.286 e. The second-order valence-electron chi connectivity index (χ2n) is 6.60. The van der Waals surface area contributed by atoms with Crippen LogP contribution in [0.5, 0.6) is 0 Å². The molecule has 134 valence electrons. The SMILES string of the molecule is O=C1NC(=O)C(Cc2ccc3oc(Cc4cc5ccccc5o4)cc3c2)S1. The molecule has 1 atom stereocenters. The van der Waals surface area contributed by atoms with Gasteiger partial charge in [-0.05, 0) is 42.3 Å². The van der Waals surface area contributed by atoms with Crippen molar-refractivity contribution in [2.24, 2.45) is 0 Å². The molecule has 0 aliphatic carbocycles. The third kappa shape index (κ3) is 3.13. The van der Waals surface area contributed by atoms with Crippen molar-refractivity contribution in [3.63, 3.8) is 0 Å². The van der Waals surface area contributed by atoms with Gasteiger partial charge < -0.3 is 8.83 Å². The molecular weight excluding hydrogens is 362 g/mol. The molecule has 0 spiro atoms. The number of hydrogen-bond donors (Lipinski definition) is 1. The number of imide groups is 1. The highest BCUT2D eigenvalue weighted by Crippen LogP contribution is 2.28. The molecular formula is C21H15NO4S. The van der Waals surface area contributed by atoms with Crippen LogP contribution in [0.1, 0.15) is 17.1 Å². The van der Waals surface area contributed by atoms with Crippen molar-refractivity contribution >= 4 is 44.8 Å². The first kappa shape index (κ1) is 16.2. The number of thioether (sulfide) groups is 1. The number of fused-ring (bicyclic) bond motifs is 2. The lowest BCUT2D eigenvalue weighted by Gasteiger charge is -2.04. The molecule has 5 nitrogen and oxygen atoms in total. The molecule has 1 aliphatic rings. The van der Waals surface area contributed by atoms with Crippen molar-refractivity contribution in [3.05, 3.63) is 71.7 Å². The Balaban J connectivity index is 1.38. The van der Waals surface area contributed by atoms with Gasteiger partial charge in [-0.2, -0.15) is 0 Å². The summed E-state index contributed by atoms with van der Waals surface area (Å²) in [4.78, 5) is 23.1. The Morgan fingerprint density at radius 3 is 2.37 bits per heavy atom. The molecule has 0 bridgehead atoms. The van der Waals surface area contributed by atoms with Gasteiger partial charge in [0.05, 0.1) is 11.7 Å². The molecule has 1 N–H and O–H groups in total. The molecule has 2 amide bonds. The maximum atomic E-state index is 11.8. The summed E-state index contributed by atoms with van der Waals surface area (Å²) in [5, 5.41) is 3.74. The number of carbonyl (C=O) groups excluding carboxylic acids is 2. The van der Waals surface area contributed by atoms with Crippen LogP contribution in [-0.2, 0) is 17.6 Å². The topological polar surface area (TPSA) is 72.5 Å². The Morgan fingerprint density at radius 1 is 0.889 bits per heavy atom. The summed E-state index contributed by atoms with van der Waals surface area (Å²) in [6.07, 6.45) is 1.09. The van der Waals surface area contributed by atoms with Gasteiger partial charge in [-0.25, -0.2) is 0 Å². The normalized spacial score (nSPS) is 17.1. The average molecular weight is 377 g/mol. The van der Waals surface area contributed by atoms with E-state index < -0.39 is 0 Å². The molecule has 1 aliphatic heterocycles. The Morgan fingerprint density at radius 2 is 1.63 bits per heavy atom. The Labute approximate surface area is 158 Å². The van der Waals surface area contributed by atoms with Crippen molar-refractivity contribution in [3.8, 4) is 0 Å². The summed E-state index contributed by atoms with van der Waals surface area (Å²) in [6.45, 7) is 0. The fourth-order valence-electron chi connectivity index (χ4n) is 3.40. The van der Waals surface area contributed by atoms with Gasteiger partial charge in [0.2, 0.25) is 5.91 Å². The maximum absolute atomic E-state index is 11.8. The minimum absolute atomic E-state index is 0.220. The Kier molecular flexibility index (Phi) is 3.79. The minimum Gasteiger partial charge on any atom is -0.461 e. The summed E-state index contributed by atoms with van der Waals surface area (Å²) in [5.41, 5.74) is 2.66. The summed E-state index contributed by atoms with van der Waals surface area (Å²) in [6, 6.07) is 17.8. The lowest BCUT2D eigenvalue weighted by Crippen LogP contribution is -2.25. The van der Waals surface area contributed by atoms with Crippen LogP contribution >= 0.6 is 11.8 Å². The molecule has 0 saturated carbocycles. The van der Waals surface area contributed by atoms with E-state index in [1.807, 2.05) is 54.6 Å². The van der Waals surface area contributed by atoms with Crippen LogP contribution in [0.15, 0.2) is 63.4 Å². The minimum atomic E-state index is -0.364. The number of furan rings is 2. The summed E-state index contributed by atoms with van der Waals surface area (Å²) >= 11 is 1.05. The Hall–Kier alpha value is -2.99. The molecule has 27 heavy (non-hydrogen) atoms. The molecule has 1 saturated heterocycles. The number of amides is 2. The van der Waals surface area contributed by atoms with E-state index in [9.17, 15) is 9.59 Å². The van der Waals surface area contributed by atoms with Gasteiger partial charge in [0.25, 0.3) is 5.24 Å². The van der Waals surface area contributed by atoms with Gasteiger partial charge in [-0.1, -0.05) is 36.0 Å². The zero-order valence-electron chi connectivity index (χ0n) is 14.2. The van der Waals surface area contributed by atoms with Gasteiger partial charge >= 0.3 is 0 Å². The maximum Gasteiger partial charge on any atom is 0.286 e. The van der Waals surface area contributed by atoms with Crippen LogP contribution in [0.2, 0.25) is 0 Å². The van der Waals surface area contributed by atoms with E-state index in [1.165, 1.54) is 0 Å². The average Bonchev–Trinajstić information content (AvgIpc) is 3.31. The second-order valence-corrected chi connectivity index (χ2v) is 7.78. The van der Waals surface area contributed by atoms with E-state index in [1.54, 1.807) is 0 Å². The molecule has 3 heterocycles. The highest BCUT2D eigenvalue weighted by atomic mass is 32.2. The highest BCUT2D eigenvalue weighted by Gasteiger charge is 2.31. The van der Waals surface area contributed by atoms with Crippen LogP contribution in [0.3, 0.4) is 0 Å². The van der Waals surface area contributed by atoms with E-state index in [-0.39, 0.29) is 16.4 Å². The van der Waals surface area contributed by atoms with Crippen molar-refractivity contribution < 1.29 is 18.4 Å². The predicted molar refractivity (Wildman–Crippen MR) is 104 cm³/mol. The molecule has 6 heteroatoms. The van der Waals surface area contributed by atoms with Gasteiger partial charge in [0.1, 0.15) is 22.7 Å². The standard InChI is InChI=1S/C21H15NO4S/c23-20-19(27-21(24)22-20)8-12-5-6-18-14(7-12)10-16(26-18)11-15-9-13-3-1-2-4-17(13)25-15/h1-7,9-10,19H,8,11H2,(H,22,23,24). The van der Waals surface area contributed by atoms with Gasteiger partial charge in [0, 0.05) is 10.8 Å². The van der Waals surface area contributed by atoms with E-state index in [0.29, 0.717) is 12.8 Å². The van der Waals surface area contributed by atoms with Crippen molar-refractivity contribution in [1.29, 1.82) is 0 Å². The summed E-state index contributed by atoms with van der Waals surface area (Å²) < 4.78 is 11.8. The number of nitrogens with one attached hydrogen (secondary N) is 1. The molecule has 1 unspecified atom stereocenters. The zero-order valence-corrected chi connectivity index (χ0v) is 15.0. The van der Waals surface area contributed by atoms with Crippen molar-refractivity contribution in [1.82, 2.24) is 5.32 Å². The fraction of sp³-hybridized carbons (Fsp3) is 0.143. The first-order chi connectivity index (χ1) is 13.1. The molecule has 0 radical (unpaired) electrons. The number of carbonyl (C=O) groups is 2. The molecule has 4 aromatic rings. The van der Waals surface area contributed by atoms with Gasteiger partial charge in [-0.3, -0.25) is 14.9 Å². The third-order valence-electron chi connectivity index (χ3n) is 4.64. The fourth-order valence-corrected chi connectivity index (χ4v) is 4.26. The monoisotopic (exact) mass is 377 g/mol. The predicted octanol–water partition coefficient (Wildman–Crippen LogP) is 4.66. The highest BCUT2D eigenvalue weighted by molar-refractivity contribution is 8.15. The van der Waals surface area contributed by atoms with E-state index >= 15 is 0 Å². The van der Waals surface area contributed by atoms with Crippen LogP contribution < -0.4 is 5.32 Å². The van der Waals surface area contributed by atoms with E-state index in [4.69, 9.17) is 8.83 Å². The first-order valence-electron chi connectivity index (χ1n) is 8.64. The Bertz CT molecular complexity index is 1160. The summed E-state index contributed by atoms with van der Waals surface area (Å²) in [5.74, 6) is 1.46.